The molecule has 0 N–H and O–H groups in total. The summed E-state index contributed by atoms with van der Waals surface area (Å²) in [4.78, 5) is 21.8. The van der Waals surface area contributed by atoms with Gasteiger partial charge < -0.3 is 14.4 Å². The van der Waals surface area contributed by atoms with E-state index < -0.39 is 0 Å². The highest BCUT2D eigenvalue weighted by Gasteiger charge is 2.30. The van der Waals surface area contributed by atoms with Gasteiger partial charge in [0.2, 0.25) is 0 Å². The van der Waals surface area contributed by atoms with Gasteiger partial charge in [-0.25, -0.2) is 9.78 Å². The fourth-order valence-electron chi connectivity index (χ4n) is 4.12. The summed E-state index contributed by atoms with van der Waals surface area (Å²) in [6, 6.07) is 12.4. The lowest BCUT2D eigenvalue weighted by molar-refractivity contribution is 0.0378. The standard InChI is InChI=1S/C26H37N3O3/c1-5-7-16-31-23-11-8-10-21(17-23)18-28(6-2)22-13-15-29(19-22)25-24(12-9-14-27-25)26(30)32-20(3)4/h8-12,14,17,20,22H,5-7,13,15-16,18-19H2,1-4H3/t22-/m1/s1. The van der Waals surface area contributed by atoms with E-state index in [2.05, 4.69) is 46.8 Å². The molecule has 6 nitrogen and oxygen atoms in total. The van der Waals surface area contributed by atoms with E-state index in [0.29, 0.717) is 11.6 Å². The molecule has 6 heteroatoms. The van der Waals surface area contributed by atoms with Crippen LogP contribution in [-0.2, 0) is 11.3 Å². The maximum atomic E-state index is 12.6. The van der Waals surface area contributed by atoms with Crippen molar-refractivity contribution in [3.8, 4) is 5.75 Å². The second-order valence-corrected chi connectivity index (χ2v) is 8.63. The van der Waals surface area contributed by atoms with Crippen molar-refractivity contribution in [2.45, 2.75) is 65.6 Å². The highest BCUT2D eigenvalue weighted by Crippen LogP contribution is 2.26. The molecule has 2 aromatic rings. The van der Waals surface area contributed by atoms with Crippen LogP contribution in [0.4, 0.5) is 5.82 Å². The van der Waals surface area contributed by atoms with Gasteiger partial charge in [0.25, 0.3) is 0 Å². The molecule has 3 rings (SSSR count). The van der Waals surface area contributed by atoms with Crippen LogP contribution in [0.5, 0.6) is 5.75 Å². The zero-order valence-corrected chi connectivity index (χ0v) is 19.9. The summed E-state index contributed by atoms with van der Waals surface area (Å²) in [5.41, 5.74) is 1.81. The maximum Gasteiger partial charge on any atom is 0.342 e. The Morgan fingerprint density at radius 1 is 1.25 bits per heavy atom. The molecule has 0 aliphatic carbocycles. The number of anilines is 1. The fourth-order valence-corrected chi connectivity index (χ4v) is 4.12. The van der Waals surface area contributed by atoms with Gasteiger partial charge in [-0.05, 0) is 63.1 Å². The zero-order chi connectivity index (χ0) is 22.9. The number of benzene rings is 1. The van der Waals surface area contributed by atoms with Crippen molar-refractivity contribution in [3.05, 3.63) is 53.7 Å². The second kappa shape index (κ2) is 11.9. The number of hydrogen-bond donors (Lipinski definition) is 0. The van der Waals surface area contributed by atoms with E-state index in [9.17, 15) is 4.79 Å². The minimum atomic E-state index is -0.307. The van der Waals surface area contributed by atoms with Gasteiger partial charge in [0.15, 0.2) is 0 Å². The molecule has 1 fully saturated rings. The molecule has 2 heterocycles. The number of esters is 1. The molecule has 1 atom stereocenters. The van der Waals surface area contributed by atoms with Crippen LogP contribution in [0.25, 0.3) is 0 Å². The summed E-state index contributed by atoms with van der Waals surface area (Å²) in [6.45, 7) is 12.4. The number of rotatable bonds is 11. The number of pyridine rings is 1. The predicted molar refractivity (Wildman–Crippen MR) is 128 cm³/mol. The lowest BCUT2D eigenvalue weighted by Crippen LogP contribution is -2.37. The highest BCUT2D eigenvalue weighted by molar-refractivity contribution is 5.94. The molecule has 0 amide bonds. The smallest absolute Gasteiger partial charge is 0.342 e. The molecular formula is C26H37N3O3. The molecule has 0 spiro atoms. The fraction of sp³-hybridized carbons (Fsp3) is 0.538. The van der Waals surface area contributed by atoms with Crippen LogP contribution in [-0.4, -0.2) is 54.2 Å². The number of unbranched alkanes of at least 4 members (excludes halogenated alkanes) is 1. The highest BCUT2D eigenvalue weighted by atomic mass is 16.5. The minimum Gasteiger partial charge on any atom is -0.494 e. The summed E-state index contributed by atoms with van der Waals surface area (Å²) in [7, 11) is 0. The van der Waals surface area contributed by atoms with Crippen molar-refractivity contribution in [1.29, 1.82) is 0 Å². The Morgan fingerprint density at radius 2 is 2.09 bits per heavy atom. The van der Waals surface area contributed by atoms with Gasteiger partial charge in [0, 0.05) is 31.9 Å². The van der Waals surface area contributed by atoms with Gasteiger partial charge in [-0.3, -0.25) is 4.90 Å². The van der Waals surface area contributed by atoms with E-state index in [1.807, 2.05) is 26.0 Å². The Labute approximate surface area is 192 Å². The monoisotopic (exact) mass is 439 g/mol. The van der Waals surface area contributed by atoms with Crippen LogP contribution in [0.3, 0.4) is 0 Å². The summed E-state index contributed by atoms with van der Waals surface area (Å²) in [5, 5.41) is 0. The Kier molecular flexibility index (Phi) is 8.91. The van der Waals surface area contributed by atoms with E-state index in [4.69, 9.17) is 9.47 Å². The van der Waals surface area contributed by atoms with Gasteiger partial charge in [0.1, 0.15) is 17.1 Å². The van der Waals surface area contributed by atoms with Crippen LogP contribution in [0, 0.1) is 0 Å². The van der Waals surface area contributed by atoms with Crippen LogP contribution in [0.15, 0.2) is 42.6 Å². The minimum absolute atomic E-state index is 0.154. The van der Waals surface area contributed by atoms with E-state index in [0.717, 1.165) is 63.6 Å². The molecule has 1 aromatic heterocycles. The van der Waals surface area contributed by atoms with Crippen molar-refractivity contribution < 1.29 is 14.3 Å². The van der Waals surface area contributed by atoms with Gasteiger partial charge in [-0.1, -0.05) is 32.4 Å². The van der Waals surface area contributed by atoms with Gasteiger partial charge in [-0.2, -0.15) is 0 Å². The molecule has 0 radical (unpaired) electrons. The normalized spacial score (nSPS) is 16.1. The first-order valence-corrected chi connectivity index (χ1v) is 11.9. The summed E-state index contributed by atoms with van der Waals surface area (Å²) < 4.78 is 11.3. The average Bonchev–Trinajstić information content (AvgIpc) is 3.27. The molecular weight excluding hydrogens is 402 g/mol. The molecule has 174 valence electrons. The molecule has 1 aromatic carbocycles. The third-order valence-corrected chi connectivity index (χ3v) is 5.79. The number of ether oxygens (including phenoxy) is 2. The summed E-state index contributed by atoms with van der Waals surface area (Å²) >= 11 is 0. The Balaban J connectivity index is 1.66. The zero-order valence-electron chi connectivity index (χ0n) is 19.9. The van der Waals surface area contributed by atoms with Gasteiger partial charge >= 0.3 is 5.97 Å². The summed E-state index contributed by atoms with van der Waals surface area (Å²) in [6.07, 6.45) is 4.84. The van der Waals surface area contributed by atoms with Crippen molar-refractivity contribution in [3.63, 3.8) is 0 Å². The molecule has 0 saturated carbocycles. The van der Waals surface area contributed by atoms with Crippen molar-refractivity contribution in [2.75, 3.05) is 31.1 Å². The van der Waals surface area contributed by atoms with Crippen molar-refractivity contribution in [1.82, 2.24) is 9.88 Å². The van der Waals surface area contributed by atoms with E-state index in [-0.39, 0.29) is 12.1 Å². The average molecular weight is 440 g/mol. The van der Waals surface area contributed by atoms with Gasteiger partial charge in [-0.15, -0.1) is 0 Å². The number of hydrogen-bond acceptors (Lipinski definition) is 6. The molecule has 1 aliphatic heterocycles. The Morgan fingerprint density at radius 3 is 2.84 bits per heavy atom. The van der Waals surface area contributed by atoms with Crippen LogP contribution in [0.2, 0.25) is 0 Å². The third-order valence-electron chi connectivity index (χ3n) is 5.79. The van der Waals surface area contributed by atoms with Crippen LogP contribution >= 0.6 is 0 Å². The number of likely N-dealkylation sites (N-methyl/N-ethyl adjacent to an activating group) is 1. The molecule has 32 heavy (non-hydrogen) atoms. The Bertz CT molecular complexity index is 871. The van der Waals surface area contributed by atoms with Crippen LogP contribution in [0.1, 0.15) is 62.9 Å². The van der Waals surface area contributed by atoms with Crippen molar-refractivity contribution >= 4 is 11.8 Å². The molecule has 1 aliphatic rings. The first-order valence-electron chi connectivity index (χ1n) is 11.9. The molecule has 0 unspecified atom stereocenters. The Hall–Kier alpha value is -2.60. The quantitative estimate of drug-likeness (QED) is 0.366. The predicted octanol–water partition coefficient (Wildman–Crippen LogP) is 4.93. The SMILES string of the molecule is CCCCOc1cccc(CN(CC)[C@@H]2CCN(c3ncccc3C(=O)OC(C)C)C2)c1. The van der Waals surface area contributed by atoms with Crippen LogP contribution < -0.4 is 9.64 Å². The van der Waals surface area contributed by atoms with E-state index in [1.165, 1.54) is 5.56 Å². The van der Waals surface area contributed by atoms with E-state index >= 15 is 0 Å². The lowest BCUT2D eigenvalue weighted by atomic mass is 10.1. The number of aromatic nitrogens is 1. The first kappa shape index (κ1) is 24.1. The number of nitrogens with zero attached hydrogens (tertiary/aromatic N) is 3. The van der Waals surface area contributed by atoms with Crippen molar-refractivity contribution in [2.24, 2.45) is 0 Å². The summed E-state index contributed by atoms with van der Waals surface area (Å²) in [5.74, 6) is 1.36. The third kappa shape index (κ3) is 6.45. The largest absolute Gasteiger partial charge is 0.494 e. The number of carbonyl (C=O) groups excluding carboxylic acids is 1. The topological polar surface area (TPSA) is 54.9 Å². The number of carbonyl (C=O) groups is 1. The molecule has 0 bridgehead atoms. The maximum absolute atomic E-state index is 12.6. The second-order valence-electron chi connectivity index (χ2n) is 8.63. The van der Waals surface area contributed by atoms with E-state index in [1.54, 1.807) is 12.3 Å². The first-order chi connectivity index (χ1) is 15.5. The lowest BCUT2D eigenvalue weighted by Gasteiger charge is -2.28. The van der Waals surface area contributed by atoms with Gasteiger partial charge in [0.05, 0.1) is 12.7 Å². The molecule has 1 saturated heterocycles.